The molecule has 0 bridgehead atoms. The number of fused-ring (bicyclic) bond motifs is 1. The van der Waals surface area contributed by atoms with E-state index < -0.39 is 15.1 Å². The van der Waals surface area contributed by atoms with Gasteiger partial charge < -0.3 is 15.0 Å². The minimum atomic E-state index is -3.72. The number of ether oxygens (including phenoxy) is 1. The standard InChI is InChI=1S/C20H28N2O5S/c1-13-9-16-17(27-12-19(23)21-16)11-18(13)28(25,26)14(2)10-20(24)22(3)15-7-5-4-6-8-15/h9,11,14-15H,4-8,10,12H2,1-3H3,(H,21,23). The van der Waals surface area contributed by atoms with E-state index in [1.807, 2.05) is 0 Å². The summed E-state index contributed by atoms with van der Waals surface area (Å²) in [6, 6.07) is 3.26. The lowest BCUT2D eigenvalue weighted by Crippen LogP contribution is -2.40. The van der Waals surface area contributed by atoms with E-state index in [-0.39, 0.29) is 35.8 Å². The summed E-state index contributed by atoms with van der Waals surface area (Å²) in [7, 11) is -1.94. The molecule has 1 saturated carbocycles. The summed E-state index contributed by atoms with van der Waals surface area (Å²) < 4.78 is 31.6. The maximum atomic E-state index is 13.1. The Bertz CT molecular complexity index is 875. The molecule has 1 aliphatic carbocycles. The van der Waals surface area contributed by atoms with Crippen LogP contribution in [0.1, 0.15) is 51.0 Å². The summed E-state index contributed by atoms with van der Waals surface area (Å²) in [5, 5.41) is 1.83. The maximum Gasteiger partial charge on any atom is 0.262 e. The predicted molar refractivity (Wildman–Crippen MR) is 106 cm³/mol. The molecule has 1 N–H and O–H groups in total. The third kappa shape index (κ3) is 4.16. The summed E-state index contributed by atoms with van der Waals surface area (Å²) in [5.74, 6) is -0.0732. The number of nitrogens with one attached hydrogen (secondary N) is 1. The minimum Gasteiger partial charge on any atom is -0.482 e. The van der Waals surface area contributed by atoms with Crippen LogP contribution >= 0.6 is 0 Å². The van der Waals surface area contributed by atoms with Gasteiger partial charge >= 0.3 is 0 Å². The molecule has 0 radical (unpaired) electrons. The van der Waals surface area contributed by atoms with Crippen molar-refractivity contribution in [3.05, 3.63) is 17.7 Å². The van der Waals surface area contributed by atoms with E-state index in [4.69, 9.17) is 4.74 Å². The molecule has 1 unspecified atom stereocenters. The van der Waals surface area contributed by atoms with Gasteiger partial charge in [0.1, 0.15) is 5.75 Å². The van der Waals surface area contributed by atoms with Crippen LogP contribution in [0.4, 0.5) is 5.69 Å². The van der Waals surface area contributed by atoms with Crippen LogP contribution in [-0.4, -0.2) is 50.1 Å². The monoisotopic (exact) mass is 408 g/mol. The van der Waals surface area contributed by atoms with Gasteiger partial charge in [-0.1, -0.05) is 19.3 Å². The van der Waals surface area contributed by atoms with Crippen LogP contribution in [0.3, 0.4) is 0 Å². The van der Waals surface area contributed by atoms with Crippen LogP contribution in [0.25, 0.3) is 0 Å². The molecular formula is C20H28N2O5S. The fourth-order valence-corrected chi connectivity index (χ4v) is 5.49. The molecule has 0 spiro atoms. The maximum absolute atomic E-state index is 13.1. The van der Waals surface area contributed by atoms with Gasteiger partial charge in [0.05, 0.1) is 15.8 Å². The highest BCUT2D eigenvalue weighted by molar-refractivity contribution is 7.92. The van der Waals surface area contributed by atoms with Crippen molar-refractivity contribution in [2.45, 2.75) is 68.6 Å². The molecule has 1 aliphatic heterocycles. The quantitative estimate of drug-likeness (QED) is 0.809. The zero-order valence-electron chi connectivity index (χ0n) is 16.7. The van der Waals surface area contributed by atoms with Crippen LogP contribution in [0.5, 0.6) is 5.75 Å². The molecular weight excluding hydrogens is 380 g/mol. The highest BCUT2D eigenvalue weighted by Gasteiger charge is 2.31. The van der Waals surface area contributed by atoms with Gasteiger partial charge in [-0.25, -0.2) is 8.42 Å². The summed E-state index contributed by atoms with van der Waals surface area (Å²) >= 11 is 0. The number of hydrogen-bond donors (Lipinski definition) is 1. The van der Waals surface area contributed by atoms with E-state index in [0.29, 0.717) is 17.0 Å². The lowest BCUT2D eigenvalue weighted by Gasteiger charge is -2.32. The molecule has 1 aromatic carbocycles. The molecule has 154 valence electrons. The van der Waals surface area contributed by atoms with Crippen molar-refractivity contribution in [1.82, 2.24) is 4.90 Å². The Labute approximate surface area is 166 Å². The average molecular weight is 409 g/mol. The van der Waals surface area contributed by atoms with Gasteiger partial charge in [-0.15, -0.1) is 0 Å². The number of carbonyl (C=O) groups is 2. The van der Waals surface area contributed by atoms with E-state index in [0.717, 1.165) is 25.7 Å². The number of benzene rings is 1. The first-order chi connectivity index (χ1) is 13.2. The van der Waals surface area contributed by atoms with E-state index in [1.165, 1.54) is 12.5 Å². The van der Waals surface area contributed by atoms with Crippen LogP contribution in [0, 0.1) is 6.92 Å². The van der Waals surface area contributed by atoms with Crippen molar-refractivity contribution >= 4 is 27.3 Å². The van der Waals surface area contributed by atoms with E-state index >= 15 is 0 Å². The summed E-state index contributed by atoms with van der Waals surface area (Å²) in [6.07, 6.45) is 5.33. The van der Waals surface area contributed by atoms with Gasteiger partial charge in [0, 0.05) is 25.6 Å². The number of rotatable bonds is 5. The Morgan fingerprint density at radius 1 is 1.29 bits per heavy atom. The lowest BCUT2D eigenvalue weighted by molar-refractivity contribution is -0.132. The number of sulfone groups is 1. The number of amides is 2. The van der Waals surface area contributed by atoms with Gasteiger partial charge in [-0.3, -0.25) is 9.59 Å². The molecule has 1 fully saturated rings. The molecule has 0 aromatic heterocycles. The van der Waals surface area contributed by atoms with E-state index in [9.17, 15) is 18.0 Å². The zero-order chi connectivity index (χ0) is 20.5. The van der Waals surface area contributed by atoms with Crippen molar-refractivity contribution in [3.8, 4) is 5.75 Å². The third-order valence-corrected chi connectivity index (χ3v) is 8.00. The minimum absolute atomic E-state index is 0.0521. The third-order valence-electron chi connectivity index (χ3n) is 5.72. The van der Waals surface area contributed by atoms with Gasteiger partial charge in [0.15, 0.2) is 16.4 Å². The molecule has 1 aromatic rings. The van der Waals surface area contributed by atoms with Gasteiger partial charge in [0.2, 0.25) is 5.91 Å². The van der Waals surface area contributed by atoms with Crippen molar-refractivity contribution < 1.29 is 22.7 Å². The Morgan fingerprint density at radius 3 is 2.64 bits per heavy atom. The second kappa shape index (κ2) is 8.11. The zero-order valence-corrected chi connectivity index (χ0v) is 17.5. The van der Waals surface area contributed by atoms with Crippen LogP contribution in [0.2, 0.25) is 0 Å². The molecule has 1 atom stereocenters. The number of hydrogen-bond acceptors (Lipinski definition) is 5. The first kappa shape index (κ1) is 20.6. The molecule has 0 saturated heterocycles. The molecule has 2 aliphatic rings. The first-order valence-corrected chi connectivity index (χ1v) is 11.3. The molecule has 1 heterocycles. The summed E-state index contributed by atoms with van der Waals surface area (Å²) in [4.78, 5) is 26.0. The largest absolute Gasteiger partial charge is 0.482 e. The van der Waals surface area contributed by atoms with Gasteiger partial charge in [-0.2, -0.15) is 0 Å². The fourth-order valence-electron chi connectivity index (χ4n) is 3.91. The Balaban J connectivity index is 1.76. The molecule has 7 nitrogen and oxygen atoms in total. The molecule has 2 amide bonds. The molecule has 28 heavy (non-hydrogen) atoms. The highest BCUT2D eigenvalue weighted by Crippen LogP contribution is 2.34. The number of aryl methyl sites for hydroxylation is 1. The average Bonchev–Trinajstić information content (AvgIpc) is 2.67. The van der Waals surface area contributed by atoms with Gasteiger partial charge in [0.25, 0.3) is 5.91 Å². The number of nitrogens with zero attached hydrogens (tertiary/aromatic N) is 1. The Hall–Kier alpha value is -2.09. The van der Waals surface area contributed by atoms with Crippen LogP contribution in [0.15, 0.2) is 17.0 Å². The lowest BCUT2D eigenvalue weighted by atomic mass is 9.94. The molecule has 3 rings (SSSR count). The predicted octanol–water partition coefficient (Wildman–Crippen LogP) is 2.67. The number of anilines is 1. The normalized spacial score (nSPS) is 18.6. The second-order valence-electron chi connectivity index (χ2n) is 7.81. The molecule has 8 heteroatoms. The topological polar surface area (TPSA) is 92.8 Å². The fraction of sp³-hybridized carbons (Fsp3) is 0.600. The summed E-state index contributed by atoms with van der Waals surface area (Å²) in [5.41, 5.74) is 0.984. The van der Waals surface area contributed by atoms with Crippen molar-refractivity contribution in [1.29, 1.82) is 0 Å². The smallest absolute Gasteiger partial charge is 0.262 e. The Kier molecular flexibility index (Phi) is 5.98. The van der Waals surface area contributed by atoms with Crippen LogP contribution < -0.4 is 10.1 Å². The number of carbonyl (C=O) groups excluding carboxylic acids is 2. The van der Waals surface area contributed by atoms with Gasteiger partial charge in [-0.05, 0) is 38.3 Å². The van der Waals surface area contributed by atoms with E-state index in [1.54, 1.807) is 31.9 Å². The SMILES string of the molecule is Cc1cc2c(cc1S(=O)(=O)C(C)CC(=O)N(C)C1CCCCC1)OCC(=O)N2. The second-order valence-corrected chi connectivity index (χ2v) is 10.1. The van der Waals surface area contributed by atoms with Crippen molar-refractivity contribution in [2.24, 2.45) is 0 Å². The highest BCUT2D eigenvalue weighted by atomic mass is 32.2. The van der Waals surface area contributed by atoms with E-state index in [2.05, 4.69) is 5.32 Å². The Morgan fingerprint density at radius 2 is 1.96 bits per heavy atom. The summed E-state index contributed by atoms with van der Waals surface area (Å²) in [6.45, 7) is 3.11. The van der Waals surface area contributed by atoms with Crippen molar-refractivity contribution in [3.63, 3.8) is 0 Å². The van der Waals surface area contributed by atoms with Crippen molar-refractivity contribution in [2.75, 3.05) is 19.0 Å². The first-order valence-electron chi connectivity index (χ1n) is 9.77. The van der Waals surface area contributed by atoms with Crippen LogP contribution in [-0.2, 0) is 19.4 Å².